The Morgan fingerprint density at radius 1 is 1.38 bits per heavy atom. The standard InChI is InChI=1S/C11H22BrNO3/c1-9(2)15-7-10(6-12)13(8-14)16-11(3,4)5/h8-10H,6-7H2,1-5H3/t10-/m1/s1. The van der Waals surface area contributed by atoms with Gasteiger partial charge in [0.25, 0.3) is 0 Å². The van der Waals surface area contributed by atoms with E-state index in [0.717, 1.165) is 0 Å². The molecular weight excluding hydrogens is 274 g/mol. The molecule has 4 nitrogen and oxygen atoms in total. The lowest BCUT2D eigenvalue weighted by Crippen LogP contribution is -2.44. The summed E-state index contributed by atoms with van der Waals surface area (Å²) in [6, 6.07) is -0.112. The maximum Gasteiger partial charge on any atom is 0.233 e. The van der Waals surface area contributed by atoms with Crippen molar-refractivity contribution in [1.29, 1.82) is 0 Å². The van der Waals surface area contributed by atoms with Crippen LogP contribution in [0.3, 0.4) is 0 Å². The number of carbonyl (C=O) groups excluding carboxylic acids is 1. The first-order chi connectivity index (χ1) is 7.30. The van der Waals surface area contributed by atoms with E-state index in [4.69, 9.17) is 9.57 Å². The molecule has 0 aromatic rings. The molecule has 0 fully saturated rings. The summed E-state index contributed by atoms with van der Waals surface area (Å²) in [7, 11) is 0. The van der Waals surface area contributed by atoms with Gasteiger partial charge < -0.3 is 4.74 Å². The molecule has 0 N–H and O–H groups in total. The lowest BCUT2D eigenvalue weighted by atomic mass is 10.2. The molecule has 0 aliphatic heterocycles. The van der Waals surface area contributed by atoms with Crippen molar-refractivity contribution in [1.82, 2.24) is 5.06 Å². The van der Waals surface area contributed by atoms with Crippen LogP contribution >= 0.6 is 15.9 Å². The molecule has 0 aromatic carbocycles. The van der Waals surface area contributed by atoms with Gasteiger partial charge in [-0.05, 0) is 34.6 Å². The Kier molecular flexibility index (Phi) is 7.19. The van der Waals surface area contributed by atoms with Crippen LogP contribution in [0.25, 0.3) is 0 Å². The van der Waals surface area contributed by atoms with Crippen LogP contribution in [0.5, 0.6) is 0 Å². The van der Waals surface area contributed by atoms with Crippen LogP contribution in [0.4, 0.5) is 0 Å². The molecule has 96 valence electrons. The number of carbonyl (C=O) groups is 1. The molecule has 0 saturated carbocycles. The SMILES string of the molecule is CC(C)OC[C@@H](CBr)N(C=O)OC(C)(C)C. The highest BCUT2D eigenvalue weighted by atomic mass is 79.9. The van der Waals surface area contributed by atoms with Crippen LogP contribution in [0.1, 0.15) is 34.6 Å². The van der Waals surface area contributed by atoms with E-state index in [0.29, 0.717) is 18.3 Å². The van der Waals surface area contributed by atoms with Crippen LogP contribution in [-0.4, -0.2) is 41.2 Å². The quantitative estimate of drug-likeness (QED) is 0.411. The summed E-state index contributed by atoms with van der Waals surface area (Å²) >= 11 is 3.35. The van der Waals surface area contributed by atoms with Crippen molar-refractivity contribution in [3.63, 3.8) is 0 Å². The third-order valence-electron chi connectivity index (χ3n) is 1.64. The second-order valence-electron chi connectivity index (χ2n) is 4.86. The number of hydroxylamine groups is 2. The zero-order valence-electron chi connectivity index (χ0n) is 10.7. The topological polar surface area (TPSA) is 38.8 Å². The highest BCUT2D eigenvalue weighted by Crippen LogP contribution is 2.13. The molecule has 0 radical (unpaired) electrons. The smallest absolute Gasteiger partial charge is 0.233 e. The maximum absolute atomic E-state index is 11.0. The summed E-state index contributed by atoms with van der Waals surface area (Å²) in [4.78, 5) is 16.5. The number of rotatable bonds is 7. The van der Waals surface area contributed by atoms with Gasteiger partial charge in [0.1, 0.15) is 0 Å². The molecule has 5 heteroatoms. The van der Waals surface area contributed by atoms with Gasteiger partial charge in [-0.15, -0.1) is 0 Å². The minimum atomic E-state index is -0.390. The maximum atomic E-state index is 11.0. The lowest BCUT2D eigenvalue weighted by Gasteiger charge is -2.32. The lowest BCUT2D eigenvalue weighted by molar-refractivity contribution is -0.235. The molecule has 1 atom stereocenters. The van der Waals surface area contributed by atoms with Crippen molar-refractivity contribution in [2.24, 2.45) is 0 Å². The second kappa shape index (κ2) is 7.25. The Hall–Kier alpha value is -0.130. The molecule has 16 heavy (non-hydrogen) atoms. The summed E-state index contributed by atoms with van der Waals surface area (Å²) in [6.45, 7) is 10.1. The fourth-order valence-electron chi connectivity index (χ4n) is 0.988. The van der Waals surface area contributed by atoms with Crippen LogP contribution in [0.2, 0.25) is 0 Å². The Balaban J connectivity index is 4.33. The number of halogens is 1. The minimum absolute atomic E-state index is 0.112. The first-order valence-electron chi connectivity index (χ1n) is 5.40. The normalized spacial score (nSPS) is 13.9. The van der Waals surface area contributed by atoms with Crippen LogP contribution < -0.4 is 0 Å². The van der Waals surface area contributed by atoms with Gasteiger partial charge in [0.05, 0.1) is 24.4 Å². The summed E-state index contributed by atoms with van der Waals surface area (Å²) in [5.41, 5.74) is -0.390. The van der Waals surface area contributed by atoms with Crippen molar-refractivity contribution < 1.29 is 14.4 Å². The van der Waals surface area contributed by atoms with Crippen LogP contribution in [-0.2, 0) is 14.4 Å². The molecule has 0 heterocycles. The van der Waals surface area contributed by atoms with E-state index in [9.17, 15) is 4.79 Å². The van der Waals surface area contributed by atoms with E-state index >= 15 is 0 Å². The molecule has 0 saturated heterocycles. The van der Waals surface area contributed by atoms with Crippen LogP contribution in [0, 0.1) is 0 Å². The van der Waals surface area contributed by atoms with Crippen LogP contribution in [0.15, 0.2) is 0 Å². The van der Waals surface area contributed by atoms with Crippen molar-refractivity contribution in [2.75, 3.05) is 11.9 Å². The number of ether oxygens (including phenoxy) is 1. The summed E-state index contributed by atoms with van der Waals surface area (Å²) in [5, 5.41) is 1.94. The Morgan fingerprint density at radius 2 is 1.94 bits per heavy atom. The summed E-state index contributed by atoms with van der Waals surface area (Å²) in [5.74, 6) is 0. The van der Waals surface area contributed by atoms with Gasteiger partial charge in [0, 0.05) is 5.33 Å². The van der Waals surface area contributed by atoms with E-state index < -0.39 is 0 Å². The van der Waals surface area contributed by atoms with E-state index in [-0.39, 0.29) is 17.7 Å². The highest BCUT2D eigenvalue weighted by Gasteiger charge is 2.23. The van der Waals surface area contributed by atoms with Crippen molar-refractivity contribution in [3.8, 4) is 0 Å². The van der Waals surface area contributed by atoms with E-state index in [2.05, 4.69) is 15.9 Å². The van der Waals surface area contributed by atoms with E-state index in [1.54, 1.807) is 0 Å². The predicted molar refractivity (Wildman–Crippen MR) is 67.4 cm³/mol. The van der Waals surface area contributed by atoms with Gasteiger partial charge >= 0.3 is 0 Å². The minimum Gasteiger partial charge on any atom is -0.377 e. The average Bonchev–Trinajstić information content (AvgIpc) is 2.14. The number of hydrogen-bond acceptors (Lipinski definition) is 3. The Labute approximate surface area is 106 Å². The third-order valence-corrected chi connectivity index (χ3v) is 2.39. The average molecular weight is 296 g/mol. The van der Waals surface area contributed by atoms with Crippen molar-refractivity contribution in [2.45, 2.75) is 52.4 Å². The van der Waals surface area contributed by atoms with E-state index in [1.165, 1.54) is 5.06 Å². The molecule has 0 aliphatic carbocycles. The molecule has 0 bridgehead atoms. The fraction of sp³-hybridized carbons (Fsp3) is 0.909. The zero-order chi connectivity index (χ0) is 12.8. The van der Waals surface area contributed by atoms with Gasteiger partial charge in [-0.1, -0.05) is 15.9 Å². The number of hydrogen-bond donors (Lipinski definition) is 0. The Morgan fingerprint density at radius 3 is 2.25 bits per heavy atom. The van der Waals surface area contributed by atoms with Gasteiger partial charge in [0.2, 0.25) is 6.41 Å². The monoisotopic (exact) mass is 295 g/mol. The summed E-state index contributed by atoms with van der Waals surface area (Å²) < 4.78 is 5.48. The number of nitrogens with zero attached hydrogens (tertiary/aromatic N) is 1. The molecule has 0 rings (SSSR count). The van der Waals surface area contributed by atoms with Crippen molar-refractivity contribution in [3.05, 3.63) is 0 Å². The first-order valence-corrected chi connectivity index (χ1v) is 6.52. The molecule has 0 aromatic heterocycles. The largest absolute Gasteiger partial charge is 0.377 e. The summed E-state index contributed by atoms with van der Waals surface area (Å²) in [6.07, 6.45) is 0.839. The van der Waals surface area contributed by atoms with E-state index in [1.807, 2.05) is 34.6 Å². The molecule has 0 aliphatic rings. The van der Waals surface area contributed by atoms with Gasteiger partial charge in [-0.3, -0.25) is 9.63 Å². The highest BCUT2D eigenvalue weighted by molar-refractivity contribution is 9.09. The second-order valence-corrected chi connectivity index (χ2v) is 5.51. The molecule has 1 amide bonds. The molecular formula is C11H22BrNO3. The first kappa shape index (κ1) is 15.9. The zero-order valence-corrected chi connectivity index (χ0v) is 12.3. The van der Waals surface area contributed by atoms with Gasteiger partial charge in [-0.2, -0.15) is 0 Å². The molecule has 0 spiro atoms. The van der Waals surface area contributed by atoms with Gasteiger partial charge in [-0.25, -0.2) is 5.06 Å². The predicted octanol–water partition coefficient (Wildman–Crippen LogP) is 2.36. The van der Waals surface area contributed by atoms with Crippen molar-refractivity contribution >= 4 is 22.3 Å². The van der Waals surface area contributed by atoms with Gasteiger partial charge in [0.15, 0.2) is 0 Å². The third kappa shape index (κ3) is 7.19. The number of amides is 1. The molecule has 0 unspecified atom stereocenters. The fourth-order valence-corrected chi connectivity index (χ4v) is 1.46. The Bertz CT molecular complexity index is 204. The number of alkyl halides is 1.